The summed E-state index contributed by atoms with van der Waals surface area (Å²) in [5.41, 5.74) is 1.14. The minimum absolute atomic E-state index is 0. The Morgan fingerprint density at radius 3 is 2.53 bits per heavy atom. The highest BCUT2D eigenvalue weighted by atomic mass is 35.5. The van der Waals surface area contributed by atoms with Crippen molar-refractivity contribution < 1.29 is 18.7 Å². The first-order valence-electron chi connectivity index (χ1n) is 9.60. The smallest absolute Gasteiger partial charge is 0.349 e. The first-order chi connectivity index (χ1) is 14.2. The van der Waals surface area contributed by atoms with Crippen LogP contribution in [0.5, 0.6) is 11.5 Å². The third-order valence-electron chi connectivity index (χ3n) is 5.37. The molecule has 5 rings (SSSR count). The summed E-state index contributed by atoms with van der Waals surface area (Å²) in [7, 11) is 0. The van der Waals surface area contributed by atoms with Crippen molar-refractivity contribution >= 4 is 29.3 Å². The number of ether oxygens (including phenoxy) is 2. The van der Waals surface area contributed by atoms with Gasteiger partial charge in [-0.1, -0.05) is 24.3 Å². The van der Waals surface area contributed by atoms with Gasteiger partial charge in [-0.15, -0.1) is 12.4 Å². The zero-order valence-electron chi connectivity index (χ0n) is 16.2. The lowest BCUT2D eigenvalue weighted by Gasteiger charge is -2.34. The molecule has 1 saturated heterocycles. The second kappa shape index (κ2) is 8.38. The topological polar surface area (TPSA) is 72.2 Å². The number of amides is 1. The minimum Gasteiger partial charge on any atom is -0.454 e. The molecule has 0 atom stereocenters. The van der Waals surface area contributed by atoms with Crippen molar-refractivity contribution in [3.63, 3.8) is 0 Å². The predicted molar refractivity (Wildman–Crippen MR) is 113 cm³/mol. The van der Waals surface area contributed by atoms with Gasteiger partial charge in [-0.3, -0.25) is 9.69 Å². The van der Waals surface area contributed by atoms with Crippen LogP contribution in [0.1, 0.15) is 15.9 Å². The van der Waals surface area contributed by atoms with E-state index < -0.39 is 5.63 Å². The van der Waals surface area contributed by atoms with Crippen molar-refractivity contribution in [2.75, 3.05) is 33.0 Å². The fourth-order valence-corrected chi connectivity index (χ4v) is 3.79. The first-order valence-corrected chi connectivity index (χ1v) is 9.60. The van der Waals surface area contributed by atoms with Crippen molar-refractivity contribution in [2.45, 2.75) is 6.54 Å². The Kier molecular flexibility index (Phi) is 5.65. The van der Waals surface area contributed by atoms with Crippen molar-refractivity contribution in [1.82, 2.24) is 9.80 Å². The van der Waals surface area contributed by atoms with Crippen LogP contribution in [0.15, 0.2) is 57.7 Å². The number of hydrogen-bond acceptors (Lipinski definition) is 6. The van der Waals surface area contributed by atoms with E-state index in [1.807, 2.05) is 30.3 Å². The number of rotatable bonds is 3. The van der Waals surface area contributed by atoms with E-state index >= 15 is 0 Å². The van der Waals surface area contributed by atoms with Gasteiger partial charge in [-0.25, -0.2) is 4.79 Å². The number of hydrogen-bond donors (Lipinski definition) is 0. The Balaban J connectivity index is 0.00000218. The van der Waals surface area contributed by atoms with Crippen molar-refractivity contribution in [1.29, 1.82) is 0 Å². The zero-order chi connectivity index (χ0) is 19.8. The van der Waals surface area contributed by atoms with E-state index in [0.717, 1.165) is 42.1 Å². The Bertz CT molecular complexity index is 1140. The number of fused-ring (bicyclic) bond motifs is 2. The fourth-order valence-electron chi connectivity index (χ4n) is 3.79. The molecule has 0 unspecified atom stereocenters. The summed E-state index contributed by atoms with van der Waals surface area (Å²) in [6.07, 6.45) is 0. The molecule has 156 valence electrons. The van der Waals surface area contributed by atoms with Crippen LogP contribution in [0.3, 0.4) is 0 Å². The number of benzene rings is 2. The number of para-hydroxylation sites is 1. The molecule has 3 heterocycles. The molecule has 8 heteroatoms. The van der Waals surface area contributed by atoms with E-state index in [9.17, 15) is 9.59 Å². The summed E-state index contributed by atoms with van der Waals surface area (Å²) in [5, 5.41) is 0.747. The number of carbonyl (C=O) groups is 1. The number of nitrogens with zero attached hydrogens (tertiary/aromatic N) is 2. The van der Waals surface area contributed by atoms with Crippen LogP contribution < -0.4 is 15.1 Å². The molecule has 0 radical (unpaired) electrons. The Morgan fingerprint density at radius 1 is 0.933 bits per heavy atom. The third kappa shape index (κ3) is 3.86. The van der Waals surface area contributed by atoms with E-state index in [4.69, 9.17) is 13.9 Å². The van der Waals surface area contributed by atoms with Gasteiger partial charge in [0.05, 0.1) is 0 Å². The molecule has 0 saturated carbocycles. The van der Waals surface area contributed by atoms with Crippen LogP contribution in [0.25, 0.3) is 11.0 Å². The lowest BCUT2D eigenvalue weighted by molar-refractivity contribution is 0.0624. The van der Waals surface area contributed by atoms with Crippen LogP contribution in [0, 0.1) is 0 Å². The maximum absolute atomic E-state index is 12.9. The van der Waals surface area contributed by atoms with Gasteiger partial charge >= 0.3 is 5.63 Å². The van der Waals surface area contributed by atoms with Gasteiger partial charge in [0.2, 0.25) is 6.79 Å². The largest absolute Gasteiger partial charge is 0.454 e. The molecule has 1 fully saturated rings. The van der Waals surface area contributed by atoms with Gasteiger partial charge < -0.3 is 18.8 Å². The van der Waals surface area contributed by atoms with E-state index in [0.29, 0.717) is 18.7 Å². The van der Waals surface area contributed by atoms with Crippen molar-refractivity contribution in [3.8, 4) is 11.5 Å². The van der Waals surface area contributed by atoms with Gasteiger partial charge in [-0.2, -0.15) is 0 Å². The van der Waals surface area contributed by atoms with E-state index in [1.54, 1.807) is 23.1 Å². The number of carbonyl (C=O) groups excluding carboxylic acids is 1. The Morgan fingerprint density at radius 2 is 1.70 bits per heavy atom. The normalized spacial score (nSPS) is 15.8. The van der Waals surface area contributed by atoms with Gasteiger partial charge in [-0.05, 0) is 29.8 Å². The van der Waals surface area contributed by atoms with Crippen LogP contribution in [0.2, 0.25) is 0 Å². The second-order valence-corrected chi connectivity index (χ2v) is 7.24. The molecule has 3 aromatic rings. The monoisotopic (exact) mass is 428 g/mol. The molecule has 30 heavy (non-hydrogen) atoms. The van der Waals surface area contributed by atoms with E-state index in [1.165, 1.54) is 0 Å². The molecule has 7 nitrogen and oxygen atoms in total. The average molecular weight is 429 g/mol. The summed E-state index contributed by atoms with van der Waals surface area (Å²) in [5.74, 6) is 1.28. The standard InChI is InChI=1S/C22H20N2O5.ClH/c25-21(17-12-16-3-1-2-4-18(16)29-22(17)26)24-9-7-23(8-10-24)13-15-5-6-19-20(11-15)28-14-27-19;/h1-6,11-12H,7-10,13-14H2;1H. The fraction of sp³-hybridized carbons (Fsp3) is 0.273. The SMILES string of the molecule is Cl.O=C(c1cc2ccccc2oc1=O)N1CCN(Cc2ccc3c(c2)OCO3)CC1. The minimum atomic E-state index is -0.587. The molecule has 2 aromatic carbocycles. The van der Waals surface area contributed by atoms with Gasteiger partial charge in [0.25, 0.3) is 5.91 Å². The van der Waals surface area contributed by atoms with Gasteiger partial charge in [0, 0.05) is 38.1 Å². The van der Waals surface area contributed by atoms with Crippen molar-refractivity contribution in [2.24, 2.45) is 0 Å². The molecule has 0 spiro atoms. The number of halogens is 1. The summed E-state index contributed by atoms with van der Waals surface area (Å²) < 4.78 is 16.1. The molecule has 1 aromatic heterocycles. The second-order valence-electron chi connectivity index (χ2n) is 7.24. The molecule has 0 bridgehead atoms. The van der Waals surface area contributed by atoms with E-state index in [2.05, 4.69) is 4.90 Å². The molecule has 0 aliphatic carbocycles. The third-order valence-corrected chi connectivity index (χ3v) is 5.37. The van der Waals surface area contributed by atoms with Crippen LogP contribution in [-0.4, -0.2) is 48.7 Å². The lowest BCUT2D eigenvalue weighted by Crippen LogP contribution is -2.49. The highest BCUT2D eigenvalue weighted by Crippen LogP contribution is 2.32. The Labute approximate surface area is 179 Å². The summed E-state index contributed by atoms with van der Waals surface area (Å²) >= 11 is 0. The summed E-state index contributed by atoms with van der Waals surface area (Å²) in [4.78, 5) is 29.1. The summed E-state index contributed by atoms with van der Waals surface area (Å²) in [6.45, 7) is 3.64. The zero-order valence-corrected chi connectivity index (χ0v) is 17.0. The average Bonchev–Trinajstić information content (AvgIpc) is 3.21. The van der Waals surface area contributed by atoms with Gasteiger partial charge in [0.15, 0.2) is 11.5 Å². The highest BCUT2D eigenvalue weighted by molar-refractivity contribution is 5.96. The van der Waals surface area contributed by atoms with Crippen LogP contribution in [0.4, 0.5) is 0 Å². The molecule has 2 aliphatic heterocycles. The molecular formula is C22H21ClN2O5. The quantitative estimate of drug-likeness (QED) is 0.597. The van der Waals surface area contributed by atoms with Gasteiger partial charge in [0.1, 0.15) is 11.1 Å². The van der Waals surface area contributed by atoms with Crippen molar-refractivity contribution in [3.05, 3.63) is 70.1 Å². The van der Waals surface area contributed by atoms with Crippen LogP contribution >= 0.6 is 12.4 Å². The highest BCUT2D eigenvalue weighted by Gasteiger charge is 2.25. The summed E-state index contributed by atoms with van der Waals surface area (Å²) in [6, 6.07) is 14.8. The predicted octanol–water partition coefficient (Wildman–Crippen LogP) is 2.90. The maximum atomic E-state index is 12.9. The maximum Gasteiger partial charge on any atom is 0.349 e. The first kappa shape index (κ1) is 20.3. The lowest BCUT2D eigenvalue weighted by atomic mass is 10.1. The van der Waals surface area contributed by atoms with E-state index in [-0.39, 0.29) is 30.7 Å². The molecule has 2 aliphatic rings. The molecular weight excluding hydrogens is 408 g/mol. The Hall–Kier alpha value is -3.03. The number of piperazine rings is 1. The molecule has 1 amide bonds. The molecule has 0 N–H and O–H groups in total. The van der Waals surface area contributed by atoms with Crippen LogP contribution in [-0.2, 0) is 6.54 Å².